The highest BCUT2D eigenvalue weighted by atomic mass is 35.5. The molecule has 0 radical (unpaired) electrons. The third kappa shape index (κ3) is 3.48. The van der Waals surface area contributed by atoms with Gasteiger partial charge in [-0.1, -0.05) is 54.1 Å². The SMILES string of the molecule is O=C(O)C(COc1ccccc1Cl)c1ccccc1. The molecule has 1 N–H and O–H groups in total. The first kappa shape index (κ1) is 13.4. The first-order valence-corrected chi connectivity index (χ1v) is 6.21. The van der Waals surface area contributed by atoms with Gasteiger partial charge in [0.2, 0.25) is 0 Å². The van der Waals surface area contributed by atoms with Gasteiger partial charge in [0, 0.05) is 0 Å². The molecule has 2 rings (SSSR count). The lowest BCUT2D eigenvalue weighted by atomic mass is 10.0. The molecule has 4 heteroatoms. The Morgan fingerprint density at radius 3 is 2.37 bits per heavy atom. The lowest BCUT2D eigenvalue weighted by Gasteiger charge is -2.14. The summed E-state index contributed by atoms with van der Waals surface area (Å²) in [6.07, 6.45) is 0. The molecule has 2 aromatic rings. The fourth-order valence-corrected chi connectivity index (χ4v) is 1.92. The molecule has 1 unspecified atom stereocenters. The van der Waals surface area contributed by atoms with Crippen LogP contribution < -0.4 is 4.74 Å². The highest BCUT2D eigenvalue weighted by molar-refractivity contribution is 6.32. The molecule has 0 bridgehead atoms. The van der Waals surface area contributed by atoms with Crippen molar-refractivity contribution in [1.82, 2.24) is 0 Å². The number of rotatable bonds is 5. The van der Waals surface area contributed by atoms with Crippen LogP contribution in [-0.4, -0.2) is 17.7 Å². The molecule has 0 saturated heterocycles. The quantitative estimate of drug-likeness (QED) is 0.908. The van der Waals surface area contributed by atoms with Crippen LogP contribution in [0.2, 0.25) is 5.02 Å². The molecule has 0 heterocycles. The average Bonchev–Trinajstić information content (AvgIpc) is 2.42. The maximum atomic E-state index is 11.3. The van der Waals surface area contributed by atoms with Crippen LogP contribution in [0.4, 0.5) is 0 Å². The van der Waals surface area contributed by atoms with E-state index in [-0.39, 0.29) is 6.61 Å². The molecule has 0 aliphatic rings. The molecule has 0 aliphatic heterocycles. The third-order valence-corrected chi connectivity index (χ3v) is 3.05. The first-order valence-electron chi connectivity index (χ1n) is 5.83. The molecule has 2 aromatic carbocycles. The average molecular weight is 277 g/mol. The van der Waals surface area contributed by atoms with E-state index in [0.717, 1.165) is 0 Å². The van der Waals surface area contributed by atoms with Gasteiger partial charge in [0.15, 0.2) is 0 Å². The molecular formula is C15H13ClO3. The standard InChI is InChI=1S/C15H13ClO3/c16-13-8-4-5-9-14(13)19-10-12(15(17)18)11-6-2-1-3-7-11/h1-9,12H,10H2,(H,17,18). The van der Waals surface area contributed by atoms with Crippen molar-refractivity contribution in [2.24, 2.45) is 0 Å². The van der Waals surface area contributed by atoms with Gasteiger partial charge in [-0.05, 0) is 17.7 Å². The van der Waals surface area contributed by atoms with E-state index in [4.69, 9.17) is 16.3 Å². The number of hydrogen-bond acceptors (Lipinski definition) is 2. The number of benzene rings is 2. The number of aliphatic carboxylic acids is 1. The fraction of sp³-hybridized carbons (Fsp3) is 0.133. The van der Waals surface area contributed by atoms with Gasteiger partial charge in [0.05, 0.1) is 5.02 Å². The Bertz CT molecular complexity index is 554. The van der Waals surface area contributed by atoms with Crippen molar-refractivity contribution in [3.05, 3.63) is 65.2 Å². The number of carboxylic acid groups (broad SMARTS) is 1. The van der Waals surface area contributed by atoms with Gasteiger partial charge >= 0.3 is 5.97 Å². The van der Waals surface area contributed by atoms with Crippen LogP contribution in [0.15, 0.2) is 54.6 Å². The minimum absolute atomic E-state index is 0.0447. The van der Waals surface area contributed by atoms with Crippen molar-refractivity contribution >= 4 is 17.6 Å². The van der Waals surface area contributed by atoms with Gasteiger partial charge in [-0.2, -0.15) is 0 Å². The predicted octanol–water partition coefficient (Wildman–Crippen LogP) is 3.59. The molecule has 19 heavy (non-hydrogen) atoms. The van der Waals surface area contributed by atoms with Gasteiger partial charge in [-0.15, -0.1) is 0 Å². The number of carboxylic acids is 1. The van der Waals surface area contributed by atoms with Crippen molar-refractivity contribution in [2.75, 3.05) is 6.61 Å². The van der Waals surface area contributed by atoms with Crippen LogP contribution >= 0.6 is 11.6 Å². The summed E-state index contributed by atoms with van der Waals surface area (Å²) in [4.78, 5) is 11.3. The summed E-state index contributed by atoms with van der Waals surface area (Å²) in [6.45, 7) is 0.0447. The maximum Gasteiger partial charge on any atom is 0.314 e. The van der Waals surface area contributed by atoms with Gasteiger partial charge in [-0.25, -0.2) is 0 Å². The van der Waals surface area contributed by atoms with Crippen LogP contribution in [0.1, 0.15) is 11.5 Å². The second-order valence-electron chi connectivity index (χ2n) is 4.04. The summed E-state index contributed by atoms with van der Waals surface area (Å²) in [5.41, 5.74) is 0.710. The zero-order valence-corrected chi connectivity index (χ0v) is 10.9. The number of hydrogen-bond donors (Lipinski definition) is 1. The Morgan fingerprint density at radius 1 is 1.11 bits per heavy atom. The van der Waals surface area contributed by atoms with Gasteiger partial charge < -0.3 is 9.84 Å². The molecule has 0 aromatic heterocycles. The van der Waals surface area contributed by atoms with Gasteiger partial charge in [-0.3, -0.25) is 4.79 Å². The Morgan fingerprint density at radius 2 is 1.74 bits per heavy atom. The van der Waals surface area contributed by atoms with Crippen molar-refractivity contribution in [3.63, 3.8) is 0 Å². The molecule has 0 fully saturated rings. The minimum Gasteiger partial charge on any atom is -0.491 e. The second-order valence-corrected chi connectivity index (χ2v) is 4.45. The van der Waals surface area contributed by atoms with Gasteiger partial charge in [0.25, 0.3) is 0 Å². The van der Waals surface area contributed by atoms with Crippen LogP contribution in [-0.2, 0) is 4.79 Å². The predicted molar refractivity (Wildman–Crippen MR) is 73.8 cm³/mol. The van der Waals surface area contributed by atoms with Crippen molar-refractivity contribution in [2.45, 2.75) is 5.92 Å². The molecule has 0 saturated carbocycles. The third-order valence-electron chi connectivity index (χ3n) is 2.74. The summed E-state index contributed by atoms with van der Waals surface area (Å²) in [7, 11) is 0. The lowest BCUT2D eigenvalue weighted by molar-refractivity contribution is -0.139. The molecule has 0 spiro atoms. The van der Waals surface area contributed by atoms with Crippen LogP contribution in [0.5, 0.6) is 5.75 Å². The summed E-state index contributed by atoms with van der Waals surface area (Å²) >= 11 is 5.96. The van der Waals surface area contributed by atoms with Crippen LogP contribution in [0.25, 0.3) is 0 Å². The molecular weight excluding hydrogens is 264 g/mol. The van der Waals surface area contributed by atoms with E-state index in [1.165, 1.54) is 0 Å². The highest BCUT2D eigenvalue weighted by Gasteiger charge is 2.20. The van der Waals surface area contributed by atoms with Crippen LogP contribution in [0.3, 0.4) is 0 Å². The Kier molecular flexibility index (Phi) is 4.42. The second kappa shape index (κ2) is 6.25. The van der Waals surface area contributed by atoms with E-state index in [2.05, 4.69) is 0 Å². The maximum absolute atomic E-state index is 11.3. The minimum atomic E-state index is -0.918. The van der Waals surface area contributed by atoms with E-state index < -0.39 is 11.9 Å². The first-order chi connectivity index (χ1) is 9.18. The number of carbonyl (C=O) groups is 1. The smallest absolute Gasteiger partial charge is 0.314 e. The summed E-state index contributed by atoms with van der Waals surface area (Å²) in [6, 6.07) is 16.0. The van der Waals surface area contributed by atoms with E-state index in [9.17, 15) is 9.90 Å². The highest BCUT2D eigenvalue weighted by Crippen LogP contribution is 2.25. The summed E-state index contributed by atoms with van der Waals surface area (Å²) in [5, 5.41) is 9.73. The summed E-state index contributed by atoms with van der Waals surface area (Å²) in [5.74, 6) is -1.14. The molecule has 3 nitrogen and oxygen atoms in total. The van der Waals surface area contributed by atoms with Crippen LogP contribution in [0, 0.1) is 0 Å². The Hall–Kier alpha value is -2.00. The van der Waals surface area contributed by atoms with Gasteiger partial charge in [0.1, 0.15) is 18.3 Å². The molecule has 98 valence electrons. The van der Waals surface area contributed by atoms with Crippen molar-refractivity contribution < 1.29 is 14.6 Å². The topological polar surface area (TPSA) is 46.5 Å². The number of halogens is 1. The fourth-order valence-electron chi connectivity index (χ4n) is 1.73. The van der Waals surface area contributed by atoms with E-state index in [1.54, 1.807) is 48.5 Å². The molecule has 0 aliphatic carbocycles. The number of ether oxygens (including phenoxy) is 1. The Balaban J connectivity index is 2.11. The van der Waals surface area contributed by atoms with E-state index >= 15 is 0 Å². The zero-order valence-electron chi connectivity index (χ0n) is 10.1. The number of para-hydroxylation sites is 1. The molecule has 0 amide bonds. The Labute approximate surface area is 116 Å². The molecule has 1 atom stereocenters. The largest absolute Gasteiger partial charge is 0.491 e. The lowest BCUT2D eigenvalue weighted by Crippen LogP contribution is -2.19. The van der Waals surface area contributed by atoms with Crippen molar-refractivity contribution in [1.29, 1.82) is 0 Å². The van der Waals surface area contributed by atoms with Crippen molar-refractivity contribution in [3.8, 4) is 5.75 Å². The monoisotopic (exact) mass is 276 g/mol. The normalized spacial score (nSPS) is 11.8. The van der Waals surface area contributed by atoms with E-state index in [1.807, 2.05) is 6.07 Å². The summed E-state index contributed by atoms with van der Waals surface area (Å²) < 4.78 is 5.50. The van der Waals surface area contributed by atoms with E-state index in [0.29, 0.717) is 16.3 Å². The zero-order chi connectivity index (χ0) is 13.7.